The minimum atomic E-state index is -3.66. The van der Waals surface area contributed by atoms with Crippen molar-refractivity contribution in [3.05, 3.63) is 53.3 Å². The van der Waals surface area contributed by atoms with Crippen molar-refractivity contribution in [1.29, 1.82) is 0 Å². The van der Waals surface area contributed by atoms with Gasteiger partial charge in [-0.3, -0.25) is 4.79 Å². The summed E-state index contributed by atoms with van der Waals surface area (Å²) in [6, 6.07) is 9.68. The highest BCUT2D eigenvalue weighted by molar-refractivity contribution is 7.91. The largest absolute Gasteiger partial charge is 0.302 e. The van der Waals surface area contributed by atoms with Crippen LogP contribution in [-0.4, -0.2) is 25.1 Å². The molecular weight excluding hydrogens is 387 g/mol. The van der Waals surface area contributed by atoms with Crippen LogP contribution in [-0.2, 0) is 14.6 Å². The first-order valence-electron chi connectivity index (χ1n) is 7.18. The Hall–Kier alpha value is -2.03. The first-order chi connectivity index (χ1) is 11.8. The molecule has 0 saturated heterocycles. The second-order valence-corrected chi connectivity index (χ2v) is 8.78. The van der Waals surface area contributed by atoms with Crippen LogP contribution in [0.15, 0.2) is 47.4 Å². The third-order valence-electron chi connectivity index (χ3n) is 3.37. The molecule has 130 valence electrons. The maximum atomic E-state index is 12.9. The fourth-order valence-corrected chi connectivity index (χ4v) is 4.52. The molecule has 1 N–H and O–H groups in total. The Morgan fingerprint density at radius 1 is 1.20 bits per heavy atom. The van der Waals surface area contributed by atoms with E-state index in [1.165, 1.54) is 23.5 Å². The number of thiazole rings is 1. The van der Waals surface area contributed by atoms with Crippen LogP contribution in [0.2, 0.25) is 5.02 Å². The quantitative estimate of drug-likeness (QED) is 0.661. The highest BCUT2D eigenvalue weighted by atomic mass is 35.5. The Balaban J connectivity index is 1.64. The minimum Gasteiger partial charge on any atom is -0.302 e. The zero-order chi connectivity index (χ0) is 18.0. The van der Waals surface area contributed by atoms with E-state index in [2.05, 4.69) is 10.3 Å². The van der Waals surface area contributed by atoms with Crippen molar-refractivity contribution >= 4 is 54.0 Å². The van der Waals surface area contributed by atoms with Crippen LogP contribution in [0.3, 0.4) is 0 Å². The SMILES string of the molecule is O=C(CCS(=O)(=O)c1ccc(F)cc1)Nc1nc2ccc(Cl)cc2s1. The third kappa shape index (κ3) is 4.33. The number of hydrogen-bond donors (Lipinski definition) is 1. The number of sulfone groups is 1. The zero-order valence-corrected chi connectivity index (χ0v) is 15.1. The smallest absolute Gasteiger partial charge is 0.227 e. The molecule has 0 bridgehead atoms. The summed E-state index contributed by atoms with van der Waals surface area (Å²) in [6.07, 6.45) is -0.226. The highest BCUT2D eigenvalue weighted by Gasteiger charge is 2.17. The summed E-state index contributed by atoms with van der Waals surface area (Å²) in [7, 11) is -3.66. The molecule has 0 fully saturated rings. The number of benzene rings is 2. The molecule has 0 unspecified atom stereocenters. The van der Waals surface area contributed by atoms with Gasteiger partial charge >= 0.3 is 0 Å². The van der Waals surface area contributed by atoms with E-state index in [9.17, 15) is 17.6 Å². The van der Waals surface area contributed by atoms with Gasteiger partial charge < -0.3 is 5.32 Å². The lowest BCUT2D eigenvalue weighted by molar-refractivity contribution is -0.115. The van der Waals surface area contributed by atoms with E-state index in [0.717, 1.165) is 16.8 Å². The van der Waals surface area contributed by atoms with Gasteiger partial charge in [0.25, 0.3) is 0 Å². The normalized spacial score (nSPS) is 11.6. The molecule has 0 atom stereocenters. The van der Waals surface area contributed by atoms with E-state index in [1.807, 2.05) is 0 Å². The molecule has 0 spiro atoms. The van der Waals surface area contributed by atoms with E-state index < -0.39 is 21.6 Å². The predicted octanol–water partition coefficient (Wildman–Crippen LogP) is 3.89. The van der Waals surface area contributed by atoms with Crippen LogP contribution in [0, 0.1) is 5.82 Å². The highest BCUT2D eigenvalue weighted by Crippen LogP contribution is 2.28. The molecule has 2 aromatic carbocycles. The lowest BCUT2D eigenvalue weighted by Gasteiger charge is -2.04. The lowest BCUT2D eigenvalue weighted by Crippen LogP contribution is -2.17. The van der Waals surface area contributed by atoms with Gasteiger partial charge in [-0.1, -0.05) is 22.9 Å². The number of fused-ring (bicyclic) bond motifs is 1. The molecule has 0 aliphatic heterocycles. The first kappa shape index (κ1) is 17.8. The van der Waals surface area contributed by atoms with Crippen molar-refractivity contribution in [3.63, 3.8) is 0 Å². The molecule has 5 nitrogen and oxygen atoms in total. The standard InChI is InChI=1S/C16H12ClFN2O3S2/c17-10-1-6-13-14(9-10)24-16(19-13)20-15(21)7-8-25(22,23)12-4-2-11(18)3-5-12/h1-6,9H,7-8H2,(H,19,20,21). The van der Waals surface area contributed by atoms with Gasteiger partial charge in [0.05, 0.1) is 20.9 Å². The maximum Gasteiger partial charge on any atom is 0.227 e. The molecule has 1 amide bonds. The van der Waals surface area contributed by atoms with Crippen molar-refractivity contribution in [2.24, 2.45) is 0 Å². The van der Waals surface area contributed by atoms with Crippen LogP contribution in [0.1, 0.15) is 6.42 Å². The molecule has 1 aromatic heterocycles. The molecule has 3 rings (SSSR count). The Bertz CT molecular complexity index is 1030. The summed E-state index contributed by atoms with van der Waals surface area (Å²) >= 11 is 7.16. The van der Waals surface area contributed by atoms with Gasteiger partial charge in [0.15, 0.2) is 15.0 Å². The second kappa shape index (κ2) is 7.07. The second-order valence-electron chi connectivity index (χ2n) is 5.20. The summed E-state index contributed by atoms with van der Waals surface area (Å²) in [4.78, 5) is 16.2. The molecule has 0 saturated carbocycles. The van der Waals surface area contributed by atoms with Crippen molar-refractivity contribution in [2.75, 3.05) is 11.1 Å². The molecule has 9 heteroatoms. The van der Waals surface area contributed by atoms with Gasteiger partial charge in [-0.15, -0.1) is 0 Å². The van der Waals surface area contributed by atoms with Gasteiger partial charge in [0, 0.05) is 11.4 Å². The Kier molecular flexibility index (Phi) is 5.03. The summed E-state index contributed by atoms with van der Waals surface area (Å²) in [6.45, 7) is 0. The van der Waals surface area contributed by atoms with Crippen molar-refractivity contribution in [2.45, 2.75) is 11.3 Å². The third-order valence-corrected chi connectivity index (χ3v) is 6.27. The monoisotopic (exact) mass is 398 g/mol. The number of hydrogen-bond acceptors (Lipinski definition) is 5. The van der Waals surface area contributed by atoms with Crippen LogP contribution in [0.25, 0.3) is 10.2 Å². The van der Waals surface area contributed by atoms with Gasteiger partial charge in [-0.2, -0.15) is 0 Å². The van der Waals surface area contributed by atoms with Crippen molar-refractivity contribution < 1.29 is 17.6 Å². The van der Waals surface area contributed by atoms with E-state index in [0.29, 0.717) is 15.7 Å². The predicted molar refractivity (Wildman–Crippen MR) is 96.3 cm³/mol. The topological polar surface area (TPSA) is 76.1 Å². The molecule has 25 heavy (non-hydrogen) atoms. The average Bonchev–Trinajstić information content (AvgIpc) is 2.94. The van der Waals surface area contributed by atoms with Gasteiger partial charge in [-0.05, 0) is 42.5 Å². The average molecular weight is 399 g/mol. The number of nitrogens with zero attached hydrogens (tertiary/aromatic N) is 1. The zero-order valence-electron chi connectivity index (χ0n) is 12.7. The van der Waals surface area contributed by atoms with E-state index in [1.54, 1.807) is 18.2 Å². The number of carbonyl (C=O) groups excluding carboxylic acids is 1. The van der Waals surface area contributed by atoms with Crippen LogP contribution >= 0.6 is 22.9 Å². The van der Waals surface area contributed by atoms with Gasteiger partial charge in [0.1, 0.15) is 5.82 Å². The number of carbonyl (C=O) groups is 1. The summed E-state index contributed by atoms with van der Waals surface area (Å²) in [5.41, 5.74) is 0.698. The minimum absolute atomic E-state index is 0.0173. The first-order valence-corrected chi connectivity index (χ1v) is 10.0. The van der Waals surface area contributed by atoms with Crippen LogP contribution < -0.4 is 5.32 Å². The molecule has 0 radical (unpaired) electrons. The van der Waals surface area contributed by atoms with Crippen molar-refractivity contribution in [3.8, 4) is 0 Å². The summed E-state index contributed by atoms with van der Waals surface area (Å²) < 4.78 is 38.0. The molecule has 3 aromatic rings. The van der Waals surface area contributed by atoms with Crippen molar-refractivity contribution in [1.82, 2.24) is 4.98 Å². The molecule has 0 aliphatic rings. The fraction of sp³-hybridized carbons (Fsp3) is 0.125. The molecule has 0 aliphatic carbocycles. The van der Waals surface area contributed by atoms with Gasteiger partial charge in [-0.25, -0.2) is 17.8 Å². The Morgan fingerprint density at radius 3 is 2.64 bits per heavy atom. The number of rotatable bonds is 5. The molecule has 1 heterocycles. The summed E-state index contributed by atoms with van der Waals surface area (Å²) in [5, 5.41) is 3.53. The van der Waals surface area contributed by atoms with E-state index in [4.69, 9.17) is 11.6 Å². The Morgan fingerprint density at radius 2 is 1.92 bits per heavy atom. The number of amides is 1. The maximum absolute atomic E-state index is 12.9. The lowest BCUT2D eigenvalue weighted by atomic mass is 10.3. The number of halogens is 2. The van der Waals surface area contributed by atoms with E-state index >= 15 is 0 Å². The number of nitrogens with one attached hydrogen (secondary N) is 1. The van der Waals surface area contributed by atoms with Gasteiger partial charge in [0.2, 0.25) is 5.91 Å². The Labute approximate surface area is 152 Å². The number of aromatic nitrogens is 1. The summed E-state index contributed by atoms with van der Waals surface area (Å²) in [5.74, 6) is -1.36. The van der Waals surface area contributed by atoms with Crippen LogP contribution in [0.4, 0.5) is 9.52 Å². The fourth-order valence-electron chi connectivity index (χ4n) is 2.12. The molecular formula is C16H12ClFN2O3S2. The van der Waals surface area contributed by atoms with E-state index in [-0.39, 0.29) is 17.1 Å². The number of anilines is 1. The van der Waals surface area contributed by atoms with Crippen LogP contribution in [0.5, 0.6) is 0 Å².